The molecule has 0 radical (unpaired) electrons. The average Bonchev–Trinajstić information content (AvgIpc) is 2.97. The first-order valence-electron chi connectivity index (χ1n) is 6.83. The summed E-state index contributed by atoms with van der Waals surface area (Å²) < 4.78 is 10.5. The molecule has 6 heteroatoms. The number of carbonyl (C=O) groups is 1. The topological polar surface area (TPSA) is 52.3 Å². The Bertz CT molecular complexity index is 827. The maximum absolute atomic E-state index is 11.6. The minimum absolute atomic E-state index is 0. The van der Waals surface area contributed by atoms with Crippen LogP contribution in [0.3, 0.4) is 0 Å². The maximum atomic E-state index is 11.6. The van der Waals surface area contributed by atoms with Crippen molar-refractivity contribution < 1.29 is 13.9 Å². The van der Waals surface area contributed by atoms with E-state index < -0.39 is 0 Å². The predicted molar refractivity (Wildman–Crippen MR) is 92.1 cm³/mol. The summed E-state index contributed by atoms with van der Waals surface area (Å²) in [6.07, 6.45) is 0. The minimum atomic E-state index is -0.343. The molecule has 23 heavy (non-hydrogen) atoms. The number of hydrogen-bond donors (Lipinski definition) is 0. The van der Waals surface area contributed by atoms with Gasteiger partial charge in [0.2, 0.25) is 5.89 Å². The van der Waals surface area contributed by atoms with Crippen molar-refractivity contribution in [1.29, 1.82) is 0 Å². The highest BCUT2D eigenvalue weighted by molar-refractivity contribution is 6.30. The van der Waals surface area contributed by atoms with Crippen molar-refractivity contribution in [2.75, 3.05) is 7.11 Å². The van der Waals surface area contributed by atoms with Crippen LogP contribution in [0, 0.1) is 0 Å². The number of halogens is 2. The first-order valence-corrected chi connectivity index (χ1v) is 7.20. The van der Waals surface area contributed by atoms with Gasteiger partial charge in [-0.15, -0.1) is 12.4 Å². The van der Waals surface area contributed by atoms with Gasteiger partial charge >= 0.3 is 5.97 Å². The number of oxazole rings is 1. The number of fused-ring (bicyclic) bond motifs is 1. The Labute approximate surface area is 144 Å². The molecule has 1 unspecified atom stereocenters. The van der Waals surface area contributed by atoms with Gasteiger partial charge in [-0.25, -0.2) is 4.98 Å². The number of hydrogen-bond acceptors (Lipinski definition) is 4. The predicted octanol–water partition coefficient (Wildman–Crippen LogP) is 4.85. The summed E-state index contributed by atoms with van der Waals surface area (Å²) in [5, 5.41) is 0.661. The van der Waals surface area contributed by atoms with Gasteiger partial charge < -0.3 is 9.15 Å². The largest absolute Gasteiger partial charge is 0.469 e. The highest BCUT2D eigenvalue weighted by Gasteiger charge is 2.17. The van der Waals surface area contributed by atoms with E-state index in [1.807, 2.05) is 30.3 Å². The fourth-order valence-corrected chi connectivity index (χ4v) is 2.37. The van der Waals surface area contributed by atoms with Crippen molar-refractivity contribution in [3.05, 3.63) is 53.1 Å². The van der Waals surface area contributed by atoms with Gasteiger partial charge in [0.15, 0.2) is 5.58 Å². The second-order valence-corrected chi connectivity index (χ2v) is 5.43. The number of methoxy groups -OCH3 is 1. The molecule has 0 saturated carbocycles. The molecule has 0 aliphatic heterocycles. The van der Waals surface area contributed by atoms with Crippen molar-refractivity contribution in [3.63, 3.8) is 0 Å². The number of ether oxygens (including phenoxy) is 1. The van der Waals surface area contributed by atoms with Gasteiger partial charge in [-0.2, -0.15) is 0 Å². The van der Waals surface area contributed by atoms with E-state index in [-0.39, 0.29) is 24.3 Å². The molecular weight excluding hydrogens is 337 g/mol. The van der Waals surface area contributed by atoms with Crippen LogP contribution in [0.15, 0.2) is 46.9 Å². The smallest absolute Gasteiger partial charge is 0.312 e. The van der Waals surface area contributed by atoms with Crippen LogP contribution in [-0.4, -0.2) is 18.1 Å². The van der Waals surface area contributed by atoms with Gasteiger partial charge in [-0.1, -0.05) is 17.7 Å². The van der Waals surface area contributed by atoms with E-state index in [0.29, 0.717) is 22.0 Å². The summed E-state index contributed by atoms with van der Waals surface area (Å²) in [7, 11) is 1.38. The number of aromatic nitrogens is 1. The van der Waals surface area contributed by atoms with E-state index in [9.17, 15) is 4.79 Å². The minimum Gasteiger partial charge on any atom is -0.469 e. The molecule has 0 saturated heterocycles. The van der Waals surface area contributed by atoms with E-state index in [1.165, 1.54) is 7.11 Å². The molecule has 0 N–H and O–H groups in total. The van der Waals surface area contributed by atoms with Gasteiger partial charge in [-0.05, 0) is 48.9 Å². The maximum Gasteiger partial charge on any atom is 0.312 e. The highest BCUT2D eigenvalue weighted by atomic mass is 35.5. The second-order valence-electron chi connectivity index (χ2n) is 5.00. The van der Waals surface area contributed by atoms with Crippen molar-refractivity contribution >= 4 is 41.1 Å². The molecule has 0 aliphatic carbocycles. The van der Waals surface area contributed by atoms with Gasteiger partial charge in [0.25, 0.3) is 0 Å². The third kappa shape index (κ3) is 3.49. The van der Waals surface area contributed by atoms with Gasteiger partial charge in [0.05, 0.1) is 13.0 Å². The van der Waals surface area contributed by atoms with Crippen molar-refractivity contribution in [2.45, 2.75) is 12.8 Å². The monoisotopic (exact) mass is 351 g/mol. The van der Waals surface area contributed by atoms with E-state index in [2.05, 4.69) is 4.98 Å². The van der Waals surface area contributed by atoms with E-state index in [1.54, 1.807) is 19.1 Å². The zero-order valence-corrected chi connectivity index (χ0v) is 14.1. The molecule has 0 fully saturated rings. The van der Waals surface area contributed by atoms with E-state index in [0.717, 1.165) is 11.1 Å². The normalized spacial score (nSPS) is 11.8. The summed E-state index contributed by atoms with van der Waals surface area (Å²) in [5.74, 6) is -0.0969. The standard InChI is InChI=1S/C17H14ClNO3.ClH/c1-10(17(20)21-2)12-5-8-15-14(9-12)19-16(22-15)11-3-6-13(18)7-4-11;/h3-10H,1-2H3;1H. The van der Waals surface area contributed by atoms with E-state index in [4.69, 9.17) is 20.8 Å². The first kappa shape index (κ1) is 17.3. The Balaban J connectivity index is 0.00000192. The molecule has 120 valence electrons. The molecule has 0 amide bonds. The third-order valence-electron chi connectivity index (χ3n) is 3.56. The fraction of sp³-hybridized carbons (Fsp3) is 0.176. The molecule has 1 atom stereocenters. The summed E-state index contributed by atoms with van der Waals surface area (Å²) in [4.78, 5) is 16.1. The first-order chi connectivity index (χ1) is 10.6. The van der Waals surface area contributed by atoms with Crippen molar-refractivity contribution in [3.8, 4) is 11.5 Å². The van der Waals surface area contributed by atoms with Crippen LogP contribution < -0.4 is 0 Å². The molecule has 2 aromatic carbocycles. The molecule has 1 aromatic heterocycles. The van der Waals surface area contributed by atoms with Crippen LogP contribution in [0.4, 0.5) is 0 Å². The zero-order chi connectivity index (χ0) is 15.7. The second kappa shape index (κ2) is 7.02. The van der Waals surface area contributed by atoms with Crippen LogP contribution in [0.1, 0.15) is 18.4 Å². The highest BCUT2D eigenvalue weighted by Crippen LogP contribution is 2.28. The van der Waals surface area contributed by atoms with Crippen LogP contribution in [0.2, 0.25) is 5.02 Å². The lowest BCUT2D eigenvalue weighted by molar-refractivity contribution is -0.141. The third-order valence-corrected chi connectivity index (χ3v) is 3.81. The molecular formula is C17H15Cl2NO3. The molecule has 3 aromatic rings. The molecule has 0 bridgehead atoms. The molecule has 0 aliphatic rings. The van der Waals surface area contributed by atoms with Gasteiger partial charge in [-0.3, -0.25) is 4.79 Å². The van der Waals surface area contributed by atoms with Gasteiger partial charge in [0, 0.05) is 10.6 Å². The number of benzene rings is 2. The number of carbonyl (C=O) groups excluding carboxylic acids is 1. The summed E-state index contributed by atoms with van der Waals surface area (Å²) in [6.45, 7) is 1.80. The summed E-state index contributed by atoms with van der Waals surface area (Å²) in [6, 6.07) is 12.8. The Morgan fingerprint density at radius 1 is 1.22 bits per heavy atom. The Kier molecular flexibility index (Phi) is 5.29. The lowest BCUT2D eigenvalue weighted by Gasteiger charge is -2.08. The van der Waals surface area contributed by atoms with E-state index >= 15 is 0 Å². The SMILES string of the molecule is COC(=O)C(C)c1ccc2oc(-c3ccc(Cl)cc3)nc2c1.Cl. The van der Waals surface area contributed by atoms with Crippen LogP contribution >= 0.6 is 24.0 Å². The molecule has 3 rings (SSSR count). The average molecular weight is 352 g/mol. The lowest BCUT2D eigenvalue weighted by Crippen LogP contribution is -2.10. The Morgan fingerprint density at radius 2 is 1.91 bits per heavy atom. The van der Waals surface area contributed by atoms with Crippen LogP contribution in [-0.2, 0) is 9.53 Å². The summed E-state index contributed by atoms with van der Waals surface area (Å²) in [5.41, 5.74) is 3.07. The quantitative estimate of drug-likeness (QED) is 0.633. The lowest BCUT2D eigenvalue weighted by atomic mass is 10.0. The number of nitrogens with zero attached hydrogens (tertiary/aromatic N) is 1. The Morgan fingerprint density at radius 3 is 2.57 bits per heavy atom. The van der Waals surface area contributed by atoms with Crippen LogP contribution in [0.5, 0.6) is 0 Å². The van der Waals surface area contributed by atoms with Crippen molar-refractivity contribution in [1.82, 2.24) is 4.98 Å². The van der Waals surface area contributed by atoms with Crippen LogP contribution in [0.25, 0.3) is 22.6 Å². The number of rotatable bonds is 3. The molecule has 1 heterocycles. The van der Waals surface area contributed by atoms with Crippen molar-refractivity contribution in [2.24, 2.45) is 0 Å². The number of esters is 1. The Hall–Kier alpha value is -2.04. The molecule has 0 spiro atoms. The fourth-order valence-electron chi connectivity index (χ4n) is 2.24. The molecule has 4 nitrogen and oxygen atoms in total. The summed E-state index contributed by atoms with van der Waals surface area (Å²) >= 11 is 5.88. The zero-order valence-electron chi connectivity index (χ0n) is 12.6. The van der Waals surface area contributed by atoms with Gasteiger partial charge in [0.1, 0.15) is 5.52 Å².